The molecule has 0 saturated carbocycles. The zero-order valence-corrected chi connectivity index (χ0v) is 20.6. The fourth-order valence-electron chi connectivity index (χ4n) is 5.91. The topological polar surface area (TPSA) is 29.1 Å². The molecule has 3 atom stereocenters. The molecule has 1 N–H and O–H groups in total. The summed E-state index contributed by atoms with van der Waals surface area (Å²) in [5, 5.41) is 3.28. The van der Waals surface area contributed by atoms with Gasteiger partial charge in [-0.15, -0.1) is 0 Å². The molecule has 0 aliphatic carbocycles. The molecule has 1 aliphatic heterocycles. The highest BCUT2D eigenvalue weighted by Gasteiger charge is 2.49. The Labute approximate surface area is 203 Å². The number of carbonyl (C=O) groups is 1. The molecule has 3 aromatic rings. The molecule has 4 rings (SSSR count). The zero-order valence-electron chi connectivity index (χ0n) is 20.6. The molecular formula is C30H36FN2O+. The number of para-hydroxylation sites is 1. The number of hydrogen-bond donors (Lipinski definition) is 1. The first-order valence-corrected chi connectivity index (χ1v) is 12.5. The van der Waals surface area contributed by atoms with E-state index in [1.165, 1.54) is 11.6 Å². The minimum Gasteiger partial charge on any atom is -0.320 e. The fraction of sp³-hybridized carbons (Fsp3) is 0.367. The summed E-state index contributed by atoms with van der Waals surface area (Å²) in [6, 6.07) is 23.5. The van der Waals surface area contributed by atoms with Crippen LogP contribution in [0.15, 0.2) is 72.8 Å². The number of nitrogens with one attached hydrogen (secondary N) is 1. The van der Waals surface area contributed by atoms with Crippen LogP contribution in [0.4, 0.5) is 10.1 Å². The smallest absolute Gasteiger partial charge is 0.282 e. The van der Waals surface area contributed by atoms with E-state index in [-0.39, 0.29) is 23.8 Å². The summed E-state index contributed by atoms with van der Waals surface area (Å²) >= 11 is 0. The predicted octanol–water partition coefficient (Wildman–Crippen LogP) is 7.10. The van der Waals surface area contributed by atoms with E-state index in [1.54, 1.807) is 6.07 Å². The van der Waals surface area contributed by atoms with Crippen molar-refractivity contribution in [2.45, 2.75) is 65.1 Å². The van der Waals surface area contributed by atoms with Crippen molar-refractivity contribution in [1.29, 1.82) is 0 Å². The highest BCUT2D eigenvalue weighted by Crippen LogP contribution is 2.43. The second kappa shape index (κ2) is 10.5. The Morgan fingerprint density at radius 3 is 2.32 bits per heavy atom. The van der Waals surface area contributed by atoms with E-state index in [4.69, 9.17) is 0 Å². The number of amides is 1. The lowest BCUT2D eigenvalue weighted by molar-refractivity contribution is -0.987. The number of carbonyl (C=O) groups excluding carboxylic acids is 1. The van der Waals surface area contributed by atoms with Crippen LogP contribution in [0.2, 0.25) is 0 Å². The molecule has 3 unspecified atom stereocenters. The summed E-state index contributed by atoms with van der Waals surface area (Å²) in [6.45, 7) is 7.51. The van der Waals surface area contributed by atoms with E-state index in [1.807, 2.05) is 50.2 Å². The summed E-state index contributed by atoms with van der Waals surface area (Å²) in [5.41, 5.74) is 4.92. The molecule has 3 nitrogen and oxygen atoms in total. The normalized spacial score (nSPS) is 21.1. The van der Waals surface area contributed by atoms with Crippen molar-refractivity contribution in [3.05, 3.63) is 101 Å². The van der Waals surface area contributed by atoms with Gasteiger partial charge in [0.25, 0.3) is 5.91 Å². The molecule has 4 heteroatoms. The zero-order chi connectivity index (χ0) is 24.1. The second-order valence-corrected chi connectivity index (χ2v) is 9.68. The van der Waals surface area contributed by atoms with Gasteiger partial charge in [-0.2, -0.15) is 0 Å². The number of nitrogens with zero attached hydrogens (tertiary/aromatic N) is 1. The van der Waals surface area contributed by atoms with Crippen LogP contribution < -0.4 is 5.32 Å². The van der Waals surface area contributed by atoms with E-state index in [2.05, 4.69) is 36.5 Å². The molecule has 0 spiro atoms. The molecule has 1 amide bonds. The number of piperidine rings is 1. The minimum absolute atomic E-state index is 0.0269. The quantitative estimate of drug-likeness (QED) is 0.375. The van der Waals surface area contributed by atoms with Gasteiger partial charge >= 0.3 is 0 Å². The van der Waals surface area contributed by atoms with Gasteiger partial charge in [-0.25, -0.2) is 4.39 Å². The monoisotopic (exact) mass is 459 g/mol. The van der Waals surface area contributed by atoms with Gasteiger partial charge < -0.3 is 9.80 Å². The van der Waals surface area contributed by atoms with E-state index in [9.17, 15) is 9.18 Å². The largest absolute Gasteiger partial charge is 0.320 e. The Morgan fingerprint density at radius 2 is 1.65 bits per heavy atom. The van der Waals surface area contributed by atoms with Gasteiger partial charge in [0.1, 0.15) is 18.4 Å². The number of aryl methyl sites for hydroxylation is 2. The number of benzene rings is 3. The third-order valence-electron chi connectivity index (χ3n) is 7.57. The Kier molecular flexibility index (Phi) is 7.47. The Morgan fingerprint density at radius 1 is 0.971 bits per heavy atom. The maximum atomic E-state index is 15.0. The van der Waals surface area contributed by atoms with Crippen molar-refractivity contribution < 1.29 is 13.7 Å². The van der Waals surface area contributed by atoms with Gasteiger partial charge in [-0.05, 0) is 43.9 Å². The van der Waals surface area contributed by atoms with Crippen LogP contribution in [0.25, 0.3) is 0 Å². The fourth-order valence-corrected chi connectivity index (χ4v) is 5.91. The molecule has 178 valence electrons. The van der Waals surface area contributed by atoms with Crippen LogP contribution in [-0.2, 0) is 11.3 Å². The maximum absolute atomic E-state index is 15.0. The van der Waals surface area contributed by atoms with Gasteiger partial charge in [0.2, 0.25) is 0 Å². The van der Waals surface area contributed by atoms with Gasteiger partial charge in [-0.1, -0.05) is 73.7 Å². The predicted molar refractivity (Wildman–Crippen MR) is 137 cm³/mol. The lowest BCUT2D eigenvalue weighted by atomic mass is 9.87. The molecule has 0 bridgehead atoms. The van der Waals surface area contributed by atoms with Crippen molar-refractivity contribution in [2.75, 3.05) is 11.9 Å². The van der Waals surface area contributed by atoms with E-state index >= 15 is 0 Å². The first-order chi connectivity index (χ1) is 16.5. The van der Waals surface area contributed by atoms with Gasteiger partial charge in [-0.3, -0.25) is 4.79 Å². The van der Waals surface area contributed by atoms with Crippen molar-refractivity contribution >= 4 is 11.6 Å². The van der Waals surface area contributed by atoms with Crippen LogP contribution in [-0.4, -0.2) is 23.0 Å². The Bertz CT molecular complexity index is 1110. The van der Waals surface area contributed by atoms with E-state index < -0.39 is 0 Å². The van der Waals surface area contributed by atoms with Crippen LogP contribution in [0.5, 0.6) is 0 Å². The molecule has 34 heavy (non-hydrogen) atoms. The maximum Gasteiger partial charge on any atom is 0.282 e. The average molecular weight is 460 g/mol. The van der Waals surface area contributed by atoms with Gasteiger partial charge in [0.05, 0.1) is 6.54 Å². The number of quaternary nitrogens is 1. The summed E-state index contributed by atoms with van der Waals surface area (Å²) in [7, 11) is 0. The summed E-state index contributed by atoms with van der Waals surface area (Å²) in [5.74, 6) is -0.165. The Balaban J connectivity index is 1.80. The molecule has 0 aromatic heterocycles. The van der Waals surface area contributed by atoms with Gasteiger partial charge in [0.15, 0.2) is 6.04 Å². The number of rotatable bonds is 7. The number of likely N-dealkylation sites (tertiary alicyclic amines) is 1. The Hall–Kier alpha value is -2.98. The molecule has 3 aromatic carbocycles. The van der Waals surface area contributed by atoms with Crippen molar-refractivity contribution in [1.82, 2.24) is 0 Å². The van der Waals surface area contributed by atoms with E-state index in [0.29, 0.717) is 23.0 Å². The number of halogens is 1. The minimum atomic E-state index is -0.288. The highest BCUT2D eigenvalue weighted by molar-refractivity contribution is 5.95. The van der Waals surface area contributed by atoms with Gasteiger partial charge in [0, 0.05) is 29.7 Å². The summed E-state index contributed by atoms with van der Waals surface area (Å²) in [4.78, 5) is 14.0. The average Bonchev–Trinajstić information content (AvgIpc) is 2.84. The number of anilines is 1. The number of hydrogen-bond acceptors (Lipinski definition) is 1. The first kappa shape index (κ1) is 24.2. The highest BCUT2D eigenvalue weighted by atomic mass is 19.1. The van der Waals surface area contributed by atoms with Crippen LogP contribution in [0, 0.1) is 19.7 Å². The SMILES string of the molecule is CCC(C(=O)Nc1c(C)cccc1C)[N+]1(Cc2ccccc2F)CCCCC1c1ccccc1. The van der Waals surface area contributed by atoms with E-state index in [0.717, 1.165) is 42.6 Å². The second-order valence-electron chi connectivity index (χ2n) is 9.68. The third kappa shape index (κ3) is 4.78. The van der Waals surface area contributed by atoms with Crippen LogP contribution >= 0.6 is 0 Å². The van der Waals surface area contributed by atoms with Crippen LogP contribution in [0.3, 0.4) is 0 Å². The molecule has 1 aliphatic rings. The molecule has 1 saturated heterocycles. The third-order valence-corrected chi connectivity index (χ3v) is 7.57. The molecule has 1 heterocycles. The van der Waals surface area contributed by atoms with Crippen LogP contribution in [0.1, 0.15) is 60.9 Å². The van der Waals surface area contributed by atoms with Crippen molar-refractivity contribution in [2.24, 2.45) is 0 Å². The standard InChI is InChI=1S/C30H35FN2O/c1-4-27(30(34)32-29-22(2)13-12-14-23(29)3)33(21-25-17-8-9-18-26(25)31)20-11-10-19-28(33)24-15-6-5-7-16-24/h5-9,12-18,27-28H,4,10-11,19-21H2,1-3H3/p+1. The lowest BCUT2D eigenvalue weighted by Gasteiger charge is -2.52. The van der Waals surface area contributed by atoms with Crippen molar-refractivity contribution in [3.63, 3.8) is 0 Å². The summed E-state index contributed by atoms with van der Waals surface area (Å²) in [6.07, 6.45) is 3.83. The lowest BCUT2D eigenvalue weighted by Crippen LogP contribution is -2.62. The summed E-state index contributed by atoms with van der Waals surface area (Å²) < 4.78 is 15.5. The molecular weight excluding hydrogens is 423 g/mol. The molecule has 0 radical (unpaired) electrons. The molecule has 1 fully saturated rings. The van der Waals surface area contributed by atoms with Crippen molar-refractivity contribution in [3.8, 4) is 0 Å². The first-order valence-electron chi connectivity index (χ1n) is 12.5.